The lowest BCUT2D eigenvalue weighted by molar-refractivity contribution is -0.118. The minimum Gasteiger partial charge on any atom is -0.307 e. The summed E-state index contributed by atoms with van der Waals surface area (Å²) in [7, 11) is 0. The quantitative estimate of drug-likeness (QED) is 0.837. The summed E-state index contributed by atoms with van der Waals surface area (Å²) in [4.78, 5) is 0. The van der Waals surface area contributed by atoms with Crippen LogP contribution in [-0.2, 0) is 6.54 Å². The van der Waals surface area contributed by atoms with E-state index in [4.69, 9.17) is 0 Å². The van der Waals surface area contributed by atoms with E-state index in [2.05, 4.69) is 50.4 Å². The van der Waals surface area contributed by atoms with Gasteiger partial charge in [-0.1, -0.05) is 38.1 Å². The molecule has 1 aromatic rings. The fourth-order valence-corrected chi connectivity index (χ4v) is 6.74. The van der Waals surface area contributed by atoms with E-state index >= 15 is 0 Å². The van der Waals surface area contributed by atoms with Crippen LogP contribution in [0.4, 0.5) is 0 Å². The molecule has 0 heterocycles. The van der Waals surface area contributed by atoms with Gasteiger partial charge < -0.3 is 5.32 Å². The summed E-state index contributed by atoms with van der Waals surface area (Å²) in [5, 5.41) is 4.03. The lowest BCUT2D eigenvalue weighted by atomic mass is 9.43. The third-order valence-electron chi connectivity index (χ3n) is 6.54. The molecule has 0 aromatic heterocycles. The summed E-state index contributed by atoms with van der Waals surface area (Å²) in [5.74, 6) is 0.973. The third kappa shape index (κ3) is 2.34. The van der Waals surface area contributed by atoms with Crippen molar-refractivity contribution in [2.75, 3.05) is 0 Å². The van der Waals surface area contributed by atoms with Crippen molar-refractivity contribution in [3.05, 3.63) is 35.4 Å². The van der Waals surface area contributed by atoms with Crippen LogP contribution in [0.3, 0.4) is 0 Å². The van der Waals surface area contributed by atoms with Crippen LogP contribution in [0.2, 0.25) is 0 Å². The van der Waals surface area contributed by atoms with Crippen molar-refractivity contribution in [1.29, 1.82) is 0 Å². The van der Waals surface area contributed by atoms with Gasteiger partial charge in [-0.15, -0.1) is 0 Å². The molecule has 4 fully saturated rings. The monoisotopic (exact) mass is 283 g/mol. The molecule has 0 saturated heterocycles. The zero-order valence-corrected chi connectivity index (χ0v) is 13.8. The van der Waals surface area contributed by atoms with Crippen molar-refractivity contribution in [3.63, 3.8) is 0 Å². The van der Waals surface area contributed by atoms with Crippen LogP contribution in [-0.4, -0.2) is 5.54 Å². The lowest BCUT2D eigenvalue weighted by Crippen LogP contribution is -2.63. The van der Waals surface area contributed by atoms with E-state index in [1.165, 1.54) is 49.7 Å². The highest BCUT2D eigenvalue weighted by Gasteiger charge is 2.59. The molecule has 21 heavy (non-hydrogen) atoms. The number of rotatable bonds is 3. The van der Waals surface area contributed by atoms with Gasteiger partial charge in [0.1, 0.15) is 0 Å². The summed E-state index contributed by atoms with van der Waals surface area (Å²) in [5.41, 5.74) is 4.53. The molecule has 0 spiro atoms. The Kier molecular flexibility index (Phi) is 2.86. The Morgan fingerprint density at radius 2 is 1.67 bits per heavy atom. The second kappa shape index (κ2) is 4.35. The number of hydrogen-bond acceptors (Lipinski definition) is 1. The molecule has 1 nitrogen and oxygen atoms in total. The second-order valence-electron chi connectivity index (χ2n) is 9.19. The minimum atomic E-state index is 0.422. The highest BCUT2D eigenvalue weighted by Crippen LogP contribution is 2.66. The van der Waals surface area contributed by atoms with Crippen LogP contribution < -0.4 is 5.32 Å². The summed E-state index contributed by atoms with van der Waals surface area (Å²) < 4.78 is 0. The Morgan fingerprint density at radius 1 is 1.00 bits per heavy atom. The van der Waals surface area contributed by atoms with Crippen molar-refractivity contribution >= 4 is 0 Å². The smallest absolute Gasteiger partial charge is 0.0213 e. The first-order chi connectivity index (χ1) is 9.90. The molecule has 4 aliphatic carbocycles. The third-order valence-corrected chi connectivity index (χ3v) is 6.54. The molecule has 4 atom stereocenters. The molecule has 4 bridgehead atoms. The molecule has 114 valence electrons. The van der Waals surface area contributed by atoms with Crippen molar-refractivity contribution in [2.24, 2.45) is 16.7 Å². The average molecular weight is 283 g/mol. The molecule has 4 saturated carbocycles. The zero-order valence-electron chi connectivity index (χ0n) is 13.8. The molecule has 5 rings (SSSR count). The van der Waals surface area contributed by atoms with E-state index in [0.717, 1.165) is 12.5 Å². The number of benzene rings is 1. The van der Waals surface area contributed by atoms with E-state index in [0.29, 0.717) is 16.4 Å². The van der Waals surface area contributed by atoms with E-state index < -0.39 is 0 Å². The Labute approximate surface area is 129 Å². The summed E-state index contributed by atoms with van der Waals surface area (Å²) >= 11 is 0. The molecule has 1 aromatic carbocycles. The lowest BCUT2D eigenvalue weighted by Gasteiger charge is -2.65. The molecule has 0 radical (unpaired) electrons. The molecule has 2 unspecified atom stereocenters. The zero-order chi connectivity index (χ0) is 14.7. The Bertz CT molecular complexity index is 543. The summed E-state index contributed by atoms with van der Waals surface area (Å²) in [6, 6.07) is 8.84. The highest BCUT2D eigenvalue weighted by atomic mass is 15.0. The maximum absolute atomic E-state index is 4.03. The first-order valence-corrected chi connectivity index (χ1v) is 8.69. The van der Waals surface area contributed by atoms with Crippen LogP contribution in [0.25, 0.3) is 0 Å². The van der Waals surface area contributed by atoms with Gasteiger partial charge in [0.15, 0.2) is 0 Å². The Balaban J connectivity index is 1.56. The van der Waals surface area contributed by atoms with Crippen LogP contribution in [0, 0.1) is 23.7 Å². The minimum absolute atomic E-state index is 0.422. The van der Waals surface area contributed by atoms with Crippen molar-refractivity contribution in [2.45, 2.75) is 71.4 Å². The number of hydrogen-bond donors (Lipinski definition) is 1. The Hall–Kier alpha value is -0.820. The predicted octanol–water partition coefficient (Wildman–Crippen LogP) is 4.83. The summed E-state index contributed by atoms with van der Waals surface area (Å²) in [6.45, 7) is 8.39. The van der Waals surface area contributed by atoms with Crippen LogP contribution in [0.5, 0.6) is 0 Å². The average Bonchev–Trinajstić information content (AvgIpc) is 2.33. The molecule has 4 aliphatic rings. The Morgan fingerprint density at radius 3 is 2.29 bits per heavy atom. The predicted molar refractivity (Wildman–Crippen MR) is 88.2 cm³/mol. The molecule has 1 heteroatoms. The van der Waals surface area contributed by atoms with Gasteiger partial charge in [-0.2, -0.15) is 0 Å². The number of aryl methyl sites for hydroxylation is 1. The molecule has 1 N–H and O–H groups in total. The highest BCUT2D eigenvalue weighted by molar-refractivity contribution is 5.26. The van der Waals surface area contributed by atoms with E-state index in [-0.39, 0.29) is 0 Å². The van der Waals surface area contributed by atoms with Gasteiger partial charge in [-0.3, -0.25) is 0 Å². The molecule has 0 aliphatic heterocycles. The van der Waals surface area contributed by atoms with Gasteiger partial charge in [0.05, 0.1) is 0 Å². The second-order valence-corrected chi connectivity index (χ2v) is 9.19. The maximum Gasteiger partial charge on any atom is 0.0213 e. The van der Waals surface area contributed by atoms with Crippen molar-refractivity contribution < 1.29 is 0 Å². The van der Waals surface area contributed by atoms with Gasteiger partial charge in [0, 0.05) is 12.1 Å². The van der Waals surface area contributed by atoms with Gasteiger partial charge >= 0.3 is 0 Å². The van der Waals surface area contributed by atoms with Crippen molar-refractivity contribution in [3.8, 4) is 0 Å². The van der Waals surface area contributed by atoms with Gasteiger partial charge in [0.2, 0.25) is 0 Å². The largest absolute Gasteiger partial charge is 0.307 e. The van der Waals surface area contributed by atoms with E-state index in [1.807, 2.05) is 0 Å². The van der Waals surface area contributed by atoms with Crippen LogP contribution in [0.15, 0.2) is 24.3 Å². The van der Waals surface area contributed by atoms with Gasteiger partial charge in [0.25, 0.3) is 0 Å². The van der Waals surface area contributed by atoms with Crippen molar-refractivity contribution in [1.82, 2.24) is 5.32 Å². The fraction of sp³-hybridized carbons (Fsp3) is 0.700. The van der Waals surface area contributed by atoms with Crippen LogP contribution >= 0.6 is 0 Å². The normalized spacial score (nSPS) is 44.2. The first-order valence-electron chi connectivity index (χ1n) is 8.69. The van der Waals surface area contributed by atoms with Gasteiger partial charge in [-0.05, 0) is 73.3 Å². The number of nitrogens with one attached hydrogen (secondary N) is 1. The molecular weight excluding hydrogens is 254 g/mol. The maximum atomic E-state index is 4.03. The van der Waals surface area contributed by atoms with E-state index in [9.17, 15) is 0 Å². The fourth-order valence-electron chi connectivity index (χ4n) is 6.74. The topological polar surface area (TPSA) is 12.0 Å². The summed E-state index contributed by atoms with van der Waals surface area (Å²) in [6.07, 6.45) is 8.65. The molecule has 0 amide bonds. The molecular formula is C20H29N. The van der Waals surface area contributed by atoms with E-state index in [1.54, 1.807) is 0 Å². The van der Waals surface area contributed by atoms with Crippen LogP contribution in [0.1, 0.15) is 63.5 Å². The first kappa shape index (κ1) is 13.8. The standard InChI is InChI=1S/C20H29N/c1-15-6-4-5-7-17(15)11-21-20-10-16-8-18(2,13-20)12-19(3,9-16)14-20/h4-7,16,21H,8-14H2,1-3H3/t16?,18-,19+,20?. The van der Waals surface area contributed by atoms with Gasteiger partial charge in [-0.25, -0.2) is 0 Å². The SMILES string of the molecule is Cc1ccccc1CNC12CC3C[C@@](C)(C1)C[C@](C)(C3)C2.